The van der Waals surface area contributed by atoms with Crippen LogP contribution in [0, 0.1) is 0 Å². The Morgan fingerprint density at radius 2 is 2.28 bits per heavy atom. The molecule has 96 valence electrons. The van der Waals surface area contributed by atoms with Crippen molar-refractivity contribution in [1.82, 2.24) is 4.57 Å². The van der Waals surface area contributed by atoms with Gasteiger partial charge in [0.15, 0.2) is 0 Å². The number of hydrogen-bond acceptors (Lipinski definition) is 3. The van der Waals surface area contributed by atoms with E-state index in [2.05, 4.69) is 0 Å². The molecule has 4 nitrogen and oxygen atoms in total. The molecule has 1 aromatic heterocycles. The third-order valence-corrected chi connectivity index (χ3v) is 3.09. The van der Waals surface area contributed by atoms with Crippen molar-refractivity contribution in [3.63, 3.8) is 0 Å². The average Bonchev–Trinajstić information content (AvgIpc) is 2.67. The minimum Gasteiger partial charge on any atom is -0.469 e. The molecule has 2 aromatic rings. The summed E-state index contributed by atoms with van der Waals surface area (Å²) in [5.41, 5.74) is 7.51. The first-order valence-electron chi connectivity index (χ1n) is 5.70. The number of halogens is 1. The van der Waals surface area contributed by atoms with E-state index in [9.17, 15) is 4.79 Å². The van der Waals surface area contributed by atoms with Crippen LogP contribution >= 0.6 is 11.6 Å². The number of ether oxygens (including phenoxy) is 1. The molecule has 0 amide bonds. The minimum absolute atomic E-state index is 0.253. The van der Waals surface area contributed by atoms with E-state index in [1.165, 1.54) is 7.11 Å². The van der Waals surface area contributed by atoms with Crippen molar-refractivity contribution in [2.24, 2.45) is 5.73 Å². The van der Waals surface area contributed by atoms with Gasteiger partial charge in [0, 0.05) is 35.2 Å². The molecule has 2 N–H and O–H groups in total. The quantitative estimate of drug-likeness (QED) is 0.861. The van der Waals surface area contributed by atoms with Crippen LogP contribution in [-0.2, 0) is 22.5 Å². The Labute approximate surface area is 110 Å². The van der Waals surface area contributed by atoms with E-state index in [0.717, 1.165) is 16.5 Å². The lowest BCUT2D eigenvalue weighted by Gasteiger charge is -2.02. The number of aromatic nitrogens is 1. The van der Waals surface area contributed by atoms with Crippen LogP contribution in [0.15, 0.2) is 24.4 Å². The van der Waals surface area contributed by atoms with Crippen molar-refractivity contribution in [1.29, 1.82) is 0 Å². The number of fused-ring (bicyclic) bond motifs is 1. The molecule has 0 unspecified atom stereocenters. The zero-order chi connectivity index (χ0) is 13.1. The molecule has 0 saturated heterocycles. The van der Waals surface area contributed by atoms with Gasteiger partial charge in [0.2, 0.25) is 0 Å². The predicted octanol–water partition coefficient (Wildman–Crippen LogP) is 1.97. The summed E-state index contributed by atoms with van der Waals surface area (Å²) in [5, 5.41) is 1.68. The Bertz CT molecular complexity index is 578. The van der Waals surface area contributed by atoms with Crippen LogP contribution in [0.1, 0.15) is 5.56 Å². The highest BCUT2D eigenvalue weighted by atomic mass is 35.5. The summed E-state index contributed by atoms with van der Waals surface area (Å²) < 4.78 is 6.71. The number of hydrogen-bond donors (Lipinski definition) is 1. The fourth-order valence-electron chi connectivity index (χ4n) is 2.03. The van der Waals surface area contributed by atoms with Crippen LogP contribution in [0.4, 0.5) is 0 Å². The summed E-state index contributed by atoms with van der Waals surface area (Å²) >= 11 is 6.00. The number of rotatable bonds is 4. The van der Waals surface area contributed by atoms with Crippen molar-refractivity contribution in [2.75, 3.05) is 13.7 Å². The molecule has 0 fully saturated rings. The second-order valence-electron chi connectivity index (χ2n) is 4.05. The van der Waals surface area contributed by atoms with Gasteiger partial charge in [0.05, 0.1) is 13.5 Å². The van der Waals surface area contributed by atoms with Crippen LogP contribution in [0.25, 0.3) is 10.9 Å². The number of esters is 1. The molecule has 0 aliphatic carbocycles. The fourth-order valence-corrected chi connectivity index (χ4v) is 2.20. The Morgan fingerprint density at radius 3 is 2.94 bits per heavy atom. The van der Waals surface area contributed by atoms with Gasteiger partial charge in [0.1, 0.15) is 0 Å². The number of nitrogens with two attached hydrogens (primary N) is 1. The summed E-state index contributed by atoms with van der Waals surface area (Å²) in [6.07, 6.45) is 2.19. The van der Waals surface area contributed by atoms with E-state index < -0.39 is 0 Å². The molecular formula is C13H15ClN2O2. The molecule has 0 spiro atoms. The van der Waals surface area contributed by atoms with E-state index in [0.29, 0.717) is 18.1 Å². The van der Waals surface area contributed by atoms with Crippen molar-refractivity contribution >= 4 is 28.5 Å². The maximum absolute atomic E-state index is 11.4. The van der Waals surface area contributed by atoms with Gasteiger partial charge in [-0.2, -0.15) is 0 Å². The number of benzene rings is 1. The van der Waals surface area contributed by atoms with Gasteiger partial charge in [-0.3, -0.25) is 4.79 Å². The summed E-state index contributed by atoms with van der Waals surface area (Å²) in [6.45, 7) is 1.23. The summed E-state index contributed by atoms with van der Waals surface area (Å²) in [7, 11) is 1.39. The fraction of sp³-hybridized carbons (Fsp3) is 0.308. The highest BCUT2D eigenvalue weighted by Gasteiger charge is 2.12. The predicted molar refractivity (Wildman–Crippen MR) is 71.7 cm³/mol. The molecule has 18 heavy (non-hydrogen) atoms. The van der Waals surface area contributed by atoms with Gasteiger partial charge in [0.25, 0.3) is 0 Å². The number of methoxy groups -OCH3 is 1. The molecule has 0 bridgehead atoms. The molecule has 0 atom stereocenters. The average molecular weight is 267 g/mol. The highest BCUT2D eigenvalue weighted by molar-refractivity contribution is 6.31. The van der Waals surface area contributed by atoms with Crippen LogP contribution < -0.4 is 5.73 Å². The molecule has 2 rings (SSSR count). The van der Waals surface area contributed by atoms with Crippen molar-refractivity contribution < 1.29 is 9.53 Å². The Hall–Kier alpha value is -1.52. The van der Waals surface area contributed by atoms with Crippen molar-refractivity contribution in [2.45, 2.75) is 13.0 Å². The summed E-state index contributed by atoms with van der Waals surface area (Å²) in [6, 6.07) is 5.62. The molecule has 0 aliphatic heterocycles. The summed E-state index contributed by atoms with van der Waals surface area (Å²) in [5.74, 6) is -0.253. The zero-order valence-electron chi connectivity index (χ0n) is 10.1. The van der Waals surface area contributed by atoms with Gasteiger partial charge in [-0.1, -0.05) is 17.7 Å². The third kappa shape index (κ3) is 2.49. The molecule has 0 aliphatic rings. The third-order valence-electron chi connectivity index (χ3n) is 2.86. The van der Waals surface area contributed by atoms with Crippen LogP contribution in [0.5, 0.6) is 0 Å². The Morgan fingerprint density at radius 1 is 1.50 bits per heavy atom. The van der Waals surface area contributed by atoms with E-state index in [4.69, 9.17) is 22.1 Å². The van der Waals surface area contributed by atoms with E-state index in [1.54, 1.807) is 0 Å². The standard InChI is InChI=1S/C13H15ClN2O2/c1-18-13(17)6-9-8-16(5-4-15)12-7-10(14)2-3-11(9)12/h2-3,7-8H,4-6,15H2,1H3. The lowest BCUT2D eigenvalue weighted by Crippen LogP contribution is -2.09. The first-order chi connectivity index (χ1) is 8.65. The molecule has 1 aromatic carbocycles. The van der Waals surface area contributed by atoms with Gasteiger partial charge in [-0.15, -0.1) is 0 Å². The first-order valence-corrected chi connectivity index (χ1v) is 6.07. The smallest absolute Gasteiger partial charge is 0.310 e. The Balaban J connectivity index is 2.50. The summed E-state index contributed by atoms with van der Waals surface area (Å²) in [4.78, 5) is 11.4. The molecule has 0 radical (unpaired) electrons. The first kappa shape index (κ1) is 12.9. The number of nitrogens with zero attached hydrogens (tertiary/aromatic N) is 1. The zero-order valence-corrected chi connectivity index (χ0v) is 10.9. The molecule has 0 saturated carbocycles. The van der Waals surface area contributed by atoms with Gasteiger partial charge >= 0.3 is 5.97 Å². The van der Waals surface area contributed by atoms with E-state index in [1.807, 2.05) is 29.0 Å². The lowest BCUT2D eigenvalue weighted by atomic mass is 10.1. The Kier molecular flexibility index (Phi) is 3.89. The topological polar surface area (TPSA) is 57.2 Å². The maximum atomic E-state index is 11.4. The SMILES string of the molecule is COC(=O)Cc1cn(CCN)c2cc(Cl)ccc12. The number of carbonyl (C=O) groups excluding carboxylic acids is 1. The minimum atomic E-state index is -0.253. The monoisotopic (exact) mass is 266 g/mol. The lowest BCUT2D eigenvalue weighted by molar-refractivity contribution is -0.139. The second-order valence-corrected chi connectivity index (χ2v) is 4.49. The van der Waals surface area contributed by atoms with Gasteiger partial charge in [-0.05, 0) is 17.7 Å². The largest absolute Gasteiger partial charge is 0.469 e. The molecule has 1 heterocycles. The van der Waals surface area contributed by atoms with Crippen molar-refractivity contribution in [3.05, 3.63) is 35.0 Å². The van der Waals surface area contributed by atoms with Crippen molar-refractivity contribution in [3.8, 4) is 0 Å². The van der Waals surface area contributed by atoms with Crippen LogP contribution in [0.3, 0.4) is 0 Å². The van der Waals surface area contributed by atoms with Crippen LogP contribution in [-0.4, -0.2) is 24.2 Å². The molecular weight excluding hydrogens is 252 g/mol. The van der Waals surface area contributed by atoms with Gasteiger partial charge < -0.3 is 15.0 Å². The van der Waals surface area contributed by atoms with Gasteiger partial charge in [-0.25, -0.2) is 0 Å². The highest BCUT2D eigenvalue weighted by Crippen LogP contribution is 2.25. The second kappa shape index (κ2) is 5.42. The molecule has 5 heteroatoms. The number of carbonyl (C=O) groups is 1. The van der Waals surface area contributed by atoms with E-state index in [-0.39, 0.29) is 12.4 Å². The van der Waals surface area contributed by atoms with Crippen LogP contribution in [0.2, 0.25) is 5.02 Å². The maximum Gasteiger partial charge on any atom is 0.310 e. The van der Waals surface area contributed by atoms with E-state index >= 15 is 0 Å². The normalized spacial score (nSPS) is 10.8.